The van der Waals surface area contributed by atoms with Crippen molar-refractivity contribution in [2.24, 2.45) is 0 Å². The summed E-state index contributed by atoms with van der Waals surface area (Å²) in [7, 11) is 2.17. The largest absolute Gasteiger partial charge is 0.379 e. The fourth-order valence-corrected chi connectivity index (χ4v) is 2.98. The molecule has 0 saturated carbocycles. The summed E-state index contributed by atoms with van der Waals surface area (Å²) < 4.78 is 6.63. The van der Waals surface area contributed by atoms with Crippen molar-refractivity contribution in [1.29, 1.82) is 0 Å². The van der Waals surface area contributed by atoms with Crippen LogP contribution in [-0.2, 0) is 4.74 Å². The third-order valence-electron chi connectivity index (χ3n) is 3.80. The average molecular weight is 327 g/mol. The number of anilines is 1. The average Bonchev–Trinajstić information content (AvgIpc) is 2.91. The number of hydrogen-bond acceptors (Lipinski definition) is 3. The molecule has 1 heterocycles. The minimum atomic E-state index is 0.359. The third-order valence-corrected chi connectivity index (χ3v) is 4.30. The van der Waals surface area contributed by atoms with Gasteiger partial charge in [0.2, 0.25) is 0 Å². The minimum Gasteiger partial charge on any atom is -0.379 e. The lowest BCUT2D eigenvalue weighted by molar-refractivity contribution is 0.193. The van der Waals surface area contributed by atoms with Crippen LogP contribution in [0.1, 0.15) is 31.9 Å². The van der Waals surface area contributed by atoms with E-state index in [1.807, 2.05) is 0 Å². The quantitative estimate of drug-likeness (QED) is 0.898. The molecule has 1 aliphatic rings. The van der Waals surface area contributed by atoms with E-state index in [0.29, 0.717) is 12.1 Å². The molecule has 106 valence electrons. The van der Waals surface area contributed by atoms with Crippen LogP contribution in [-0.4, -0.2) is 32.8 Å². The van der Waals surface area contributed by atoms with Gasteiger partial charge in [-0.25, -0.2) is 0 Å². The Labute approximate surface area is 124 Å². The van der Waals surface area contributed by atoms with E-state index in [-0.39, 0.29) is 0 Å². The second-order valence-corrected chi connectivity index (χ2v) is 6.03. The second kappa shape index (κ2) is 6.73. The number of nitrogens with one attached hydrogen (secondary N) is 1. The Morgan fingerprint density at radius 2 is 2.32 bits per heavy atom. The molecular weight excluding hydrogens is 304 g/mol. The first-order chi connectivity index (χ1) is 9.13. The van der Waals surface area contributed by atoms with E-state index in [0.717, 1.165) is 30.7 Å². The first kappa shape index (κ1) is 14.8. The van der Waals surface area contributed by atoms with Crippen molar-refractivity contribution in [3.8, 4) is 0 Å². The van der Waals surface area contributed by atoms with E-state index < -0.39 is 0 Å². The molecule has 2 unspecified atom stereocenters. The van der Waals surface area contributed by atoms with Gasteiger partial charge in [-0.1, -0.05) is 28.9 Å². The van der Waals surface area contributed by atoms with Gasteiger partial charge in [-0.15, -0.1) is 0 Å². The number of halogens is 1. The molecule has 1 saturated heterocycles. The third kappa shape index (κ3) is 3.50. The SMILES string of the molecule is CCNC(C)c1ccc(Br)cc1N(C)C1CCOC1. The highest BCUT2D eigenvalue weighted by Crippen LogP contribution is 2.31. The zero-order chi connectivity index (χ0) is 13.8. The Kier molecular flexibility index (Phi) is 5.25. The fourth-order valence-electron chi connectivity index (χ4n) is 2.63. The lowest BCUT2D eigenvalue weighted by Gasteiger charge is -2.30. The Balaban J connectivity index is 2.27. The van der Waals surface area contributed by atoms with E-state index >= 15 is 0 Å². The molecule has 4 heteroatoms. The summed E-state index contributed by atoms with van der Waals surface area (Å²) in [4.78, 5) is 2.36. The number of ether oxygens (including phenoxy) is 1. The zero-order valence-corrected chi connectivity index (χ0v) is 13.5. The van der Waals surface area contributed by atoms with E-state index in [1.165, 1.54) is 11.3 Å². The monoisotopic (exact) mass is 326 g/mol. The molecule has 1 aliphatic heterocycles. The molecule has 2 atom stereocenters. The molecule has 0 amide bonds. The fraction of sp³-hybridized carbons (Fsp3) is 0.600. The number of nitrogens with zero attached hydrogens (tertiary/aromatic N) is 1. The van der Waals surface area contributed by atoms with E-state index in [2.05, 4.69) is 65.2 Å². The van der Waals surface area contributed by atoms with E-state index in [4.69, 9.17) is 4.74 Å². The maximum absolute atomic E-state index is 5.51. The second-order valence-electron chi connectivity index (χ2n) is 5.11. The van der Waals surface area contributed by atoms with Gasteiger partial charge >= 0.3 is 0 Å². The van der Waals surface area contributed by atoms with Crippen molar-refractivity contribution in [1.82, 2.24) is 5.32 Å². The van der Waals surface area contributed by atoms with Gasteiger partial charge in [0, 0.05) is 29.9 Å². The Morgan fingerprint density at radius 1 is 1.53 bits per heavy atom. The lowest BCUT2D eigenvalue weighted by atomic mass is 10.0. The molecule has 1 fully saturated rings. The maximum Gasteiger partial charge on any atom is 0.0670 e. The Bertz CT molecular complexity index is 419. The highest BCUT2D eigenvalue weighted by molar-refractivity contribution is 9.10. The van der Waals surface area contributed by atoms with Gasteiger partial charge in [0.25, 0.3) is 0 Å². The molecule has 0 radical (unpaired) electrons. The zero-order valence-electron chi connectivity index (χ0n) is 11.9. The van der Waals surface area contributed by atoms with E-state index in [1.54, 1.807) is 0 Å². The molecule has 2 rings (SSSR count). The maximum atomic E-state index is 5.51. The summed E-state index contributed by atoms with van der Waals surface area (Å²) in [6.07, 6.45) is 1.11. The number of hydrogen-bond donors (Lipinski definition) is 1. The van der Waals surface area contributed by atoms with Crippen LogP contribution < -0.4 is 10.2 Å². The molecule has 0 aliphatic carbocycles. The van der Waals surface area contributed by atoms with Crippen LogP contribution in [0.5, 0.6) is 0 Å². The van der Waals surface area contributed by atoms with Crippen molar-refractivity contribution in [2.45, 2.75) is 32.4 Å². The lowest BCUT2D eigenvalue weighted by Crippen LogP contribution is -2.33. The van der Waals surface area contributed by atoms with Crippen LogP contribution in [0.4, 0.5) is 5.69 Å². The van der Waals surface area contributed by atoms with Crippen LogP contribution in [0.2, 0.25) is 0 Å². The molecule has 3 nitrogen and oxygen atoms in total. The summed E-state index contributed by atoms with van der Waals surface area (Å²) in [5, 5.41) is 3.49. The van der Waals surface area contributed by atoms with Gasteiger partial charge in [0.1, 0.15) is 0 Å². The Morgan fingerprint density at radius 3 is 2.95 bits per heavy atom. The van der Waals surface area contributed by atoms with Gasteiger partial charge in [-0.05, 0) is 37.6 Å². The predicted molar refractivity (Wildman–Crippen MR) is 83.9 cm³/mol. The summed E-state index contributed by atoms with van der Waals surface area (Å²) in [6, 6.07) is 7.38. The first-order valence-corrected chi connectivity index (χ1v) is 7.76. The molecule has 0 bridgehead atoms. The van der Waals surface area contributed by atoms with Gasteiger partial charge in [-0.3, -0.25) is 0 Å². The van der Waals surface area contributed by atoms with Crippen LogP contribution in [0, 0.1) is 0 Å². The molecule has 1 aromatic carbocycles. The van der Waals surface area contributed by atoms with Gasteiger partial charge in [-0.2, -0.15) is 0 Å². The summed E-state index contributed by atoms with van der Waals surface area (Å²) in [5.74, 6) is 0. The first-order valence-electron chi connectivity index (χ1n) is 6.97. The molecular formula is C15H23BrN2O. The van der Waals surface area contributed by atoms with Crippen molar-refractivity contribution < 1.29 is 4.74 Å². The van der Waals surface area contributed by atoms with Crippen molar-refractivity contribution in [2.75, 3.05) is 31.7 Å². The number of benzene rings is 1. The van der Waals surface area contributed by atoms with Gasteiger partial charge in [0.05, 0.1) is 12.6 Å². The highest BCUT2D eigenvalue weighted by atomic mass is 79.9. The van der Waals surface area contributed by atoms with E-state index in [9.17, 15) is 0 Å². The normalized spacial score (nSPS) is 20.5. The van der Waals surface area contributed by atoms with Crippen LogP contribution in [0.25, 0.3) is 0 Å². The predicted octanol–water partition coefficient (Wildman–Crippen LogP) is 3.34. The van der Waals surface area contributed by atoms with Gasteiger partial charge < -0.3 is 15.0 Å². The summed E-state index contributed by atoms with van der Waals surface area (Å²) in [5.41, 5.74) is 2.64. The number of likely N-dealkylation sites (N-methyl/N-ethyl adjacent to an activating group) is 1. The molecule has 0 spiro atoms. The summed E-state index contributed by atoms with van der Waals surface area (Å²) in [6.45, 7) is 7.05. The van der Waals surface area contributed by atoms with Crippen molar-refractivity contribution in [3.05, 3.63) is 28.2 Å². The molecule has 0 aromatic heterocycles. The highest BCUT2D eigenvalue weighted by Gasteiger charge is 2.23. The topological polar surface area (TPSA) is 24.5 Å². The van der Waals surface area contributed by atoms with Gasteiger partial charge in [0.15, 0.2) is 0 Å². The van der Waals surface area contributed by atoms with Crippen LogP contribution in [0.3, 0.4) is 0 Å². The summed E-state index contributed by atoms with van der Waals surface area (Å²) >= 11 is 3.58. The standard InChI is InChI=1S/C15H23BrN2O/c1-4-17-11(2)14-6-5-12(16)9-15(14)18(3)13-7-8-19-10-13/h5-6,9,11,13,17H,4,7-8,10H2,1-3H3. The van der Waals surface area contributed by atoms with Crippen LogP contribution in [0.15, 0.2) is 22.7 Å². The smallest absolute Gasteiger partial charge is 0.0670 e. The molecule has 1 aromatic rings. The number of rotatable bonds is 5. The Hall–Kier alpha value is -0.580. The molecule has 19 heavy (non-hydrogen) atoms. The van der Waals surface area contributed by atoms with Crippen molar-refractivity contribution >= 4 is 21.6 Å². The van der Waals surface area contributed by atoms with Crippen LogP contribution >= 0.6 is 15.9 Å². The molecule has 1 N–H and O–H groups in total. The van der Waals surface area contributed by atoms with Crippen molar-refractivity contribution in [3.63, 3.8) is 0 Å². The minimum absolute atomic E-state index is 0.359.